The number of fused-ring (bicyclic) bond motifs is 1. The molecule has 0 aliphatic rings. The molecule has 0 atom stereocenters. The van der Waals surface area contributed by atoms with E-state index < -0.39 is 6.09 Å². The van der Waals surface area contributed by atoms with Gasteiger partial charge in [-0.05, 0) is 18.6 Å². The lowest BCUT2D eigenvalue weighted by molar-refractivity contribution is 0.0952. The highest BCUT2D eigenvalue weighted by molar-refractivity contribution is 6.01. The number of aromatic nitrogens is 2. The van der Waals surface area contributed by atoms with Crippen molar-refractivity contribution in [3.05, 3.63) is 30.1 Å². The lowest BCUT2D eigenvalue weighted by Gasteiger charge is -2.04. The highest BCUT2D eigenvalue weighted by Gasteiger charge is 2.13. The van der Waals surface area contributed by atoms with Gasteiger partial charge < -0.3 is 15.5 Å². The zero-order valence-corrected chi connectivity index (χ0v) is 10.5. The highest BCUT2D eigenvalue weighted by atomic mass is 16.4. The fourth-order valence-electron chi connectivity index (χ4n) is 1.73. The largest absolute Gasteiger partial charge is 0.465 e. The Kier molecular flexibility index (Phi) is 4.16. The monoisotopic (exact) mass is 278 g/mol. The van der Waals surface area contributed by atoms with Crippen LogP contribution >= 0.6 is 0 Å². The Hall–Kier alpha value is -2.61. The van der Waals surface area contributed by atoms with Gasteiger partial charge in [-0.1, -0.05) is 0 Å². The van der Waals surface area contributed by atoms with E-state index in [1.807, 2.05) is 0 Å². The number of rotatable bonds is 5. The molecule has 2 heterocycles. The fourth-order valence-corrected chi connectivity index (χ4v) is 1.73. The summed E-state index contributed by atoms with van der Waals surface area (Å²) < 4.78 is 1.48. The second kappa shape index (κ2) is 6.02. The summed E-state index contributed by atoms with van der Waals surface area (Å²) >= 11 is 0. The van der Waals surface area contributed by atoms with Crippen molar-refractivity contribution in [1.29, 1.82) is 0 Å². The first-order chi connectivity index (χ1) is 9.61. The zero-order chi connectivity index (χ0) is 14.5. The number of hydrogen-bond donors (Lipinski definition) is 4. The number of carboxylic acid groups (broad SMARTS) is 1. The molecule has 8 nitrogen and oxygen atoms in total. The molecule has 106 valence electrons. The minimum absolute atomic E-state index is 0.00171. The standard InChI is InChI=1S/C12H14N4O4/c17-5-1-3-13-11(18)9-7-14-16-4-2-8(6-10(9)16)15-12(19)20/h2,4,6-7,15,17H,1,3,5H2,(H,13,18)(H,19,20). The van der Waals surface area contributed by atoms with E-state index in [9.17, 15) is 9.59 Å². The van der Waals surface area contributed by atoms with Gasteiger partial charge in [0.25, 0.3) is 5.91 Å². The molecule has 0 fully saturated rings. The van der Waals surface area contributed by atoms with Crippen molar-refractivity contribution < 1.29 is 19.8 Å². The number of hydrogen-bond acceptors (Lipinski definition) is 4. The molecule has 20 heavy (non-hydrogen) atoms. The average Bonchev–Trinajstić information content (AvgIpc) is 2.81. The zero-order valence-electron chi connectivity index (χ0n) is 10.5. The number of carbonyl (C=O) groups is 2. The van der Waals surface area contributed by atoms with Crippen molar-refractivity contribution in [2.24, 2.45) is 0 Å². The number of amides is 2. The molecule has 2 aromatic heterocycles. The molecule has 2 aromatic rings. The van der Waals surface area contributed by atoms with E-state index in [-0.39, 0.29) is 12.5 Å². The Morgan fingerprint density at radius 3 is 2.90 bits per heavy atom. The Bertz CT molecular complexity index is 637. The Morgan fingerprint density at radius 1 is 1.40 bits per heavy atom. The lowest BCUT2D eigenvalue weighted by atomic mass is 10.2. The smallest absolute Gasteiger partial charge is 0.409 e. The fraction of sp³-hybridized carbons (Fsp3) is 0.250. The van der Waals surface area contributed by atoms with E-state index in [1.165, 1.54) is 16.8 Å². The van der Waals surface area contributed by atoms with Crippen LogP contribution in [-0.4, -0.2) is 45.0 Å². The predicted octanol–water partition coefficient (Wildman–Crippen LogP) is 0.536. The van der Waals surface area contributed by atoms with Crippen molar-refractivity contribution in [3.63, 3.8) is 0 Å². The molecule has 0 aliphatic carbocycles. The topological polar surface area (TPSA) is 116 Å². The molecule has 2 rings (SSSR count). The van der Waals surface area contributed by atoms with E-state index in [1.54, 1.807) is 12.3 Å². The van der Waals surface area contributed by atoms with Crippen LogP contribution in [0.1, 0.15) is 16.8 Å². The van der Waals surface area contributed by atoms with Gasteiger partial charge in [-0.3, -0.25) is 10.1 Å². The Labute approximate surface area is 114 Å². The van der Waals surface area contributed by atoms with Gasteiger partial charge in [-0.25, -0.2) is 9.31 Å². The van der Waals surface area contributed by atoms with Crippen LogP contribution in [0.5, 0.6) is 0 Å². The van der Waals surface area contributed by atoms with Gasteiger partial charge in [-0.2, -0.15) is 5.10 Å². The molecule has 0 saturated carbocycles. The molecule has 0 unspecified atom stereocenters. The Morgan fingerprint density at radius 2 is 2.20 bits per heavy atom. The minimum atomic E-state index is -1.18. The van der Waals surface area contributed by atoms with Gasteiger partial charge in [0.1, 0.15) is 0 Å². The minimum Gasteiger partial charge on any atom is -0.465 e. The van der Waals surface area contributed by atoms with Gasteiger partial charge >= 0.3 is 6.09 Å². The quantitative estimate of drug-likeness (QED) is 0.595. The van der Waals surface area contributed by atoms with Crippen LogP contribution < -0.4 is 10.6 Å². The number of nitrogens with one attached hydrogen (secondary N) is 2. The van der Waals surface area contributed by atoms with Gasteiger partial charge in [0.15, 0.2) is 0 Å². The molecule has 8 heteroatoms. The maximum atomic E-state index is 11.9. The van der Waals surface area contributed by atoms with Crippen LogP contribution in [0.15, 0.2) is 24.5 Å². The maximum absolute atomic E-state index is 11.9. The van der Waals surface area contributed by atoms with Crippen LogP contribution in [0.3, 0.4) is 0 Å². The molecular formula is C12H14N4O4. The van der Waals surface area contributed by atoms with E-state index in [0.717, 1.165) is 0 Å². The summed E-state index contributed by atoms with van der Waals surface area (Å²) in [5, 5.41) is 26.2. The summed E-state index contributed by atoms with van der Waals surface area (Å²) in [7, 11) is 0. The lowest BCUT2D eigenvalue weighted by Crippen LogP contribution is -2.24. The first kappa shape index (κ1) is 13.8. The second-order valence-corrected chi connectivity index (χ2v) is 4.07. The summed E-state index contributed by atoms with van der Waals surface area (Å²) in [6, 6.07) is 3.07. The molecule has 0 bridgehead atoms. The number of aliphatic hydroxyl groups excluding tert-OH is 1. The van der Waals surface area contributed by atoms with Crippen LogP contribution in [0, 0.1) is 0 Å². The molecule has 2 amide bonds. The number of aliphatic hydroxyl groups is 1. The molecule has 0 radical (unpaired) electrons. The number of nitrogens with zero attached hydrogens (tertiary/aromatic N) is 2. The number of carbonyl (C=O) groups excluding carboxylic acids is 1. The molecule has 0 aliphatic heterocycles. The summed E-state index contributed by atoms with van der Waals surface area (Å²) in [5.41, 5.74) is 1.20. The van der Waals surface area contributed by atoms with Crippen molar-refractivity contribution in [1.82, 2.24) is 14.9 Å². The SMILES string of the molecule is O=C(O)Nc1ccn2ncc(C(=O)NCCCO)c2c1. The molecule has 4 N–H and O–H groups in total. The van der Waals surface area contributed by atoms with E-state index >= 15 is 0 Å². The van der Waals surface area contributed by atoms with Crippen LogP contribution in [-0.2, 0) is 0 Å². The summed E-state index contributed by atoms with van der Waals surface area (Å²) in [5.74, 6) is -0.319. The Balaban J connectivity index is 2.24. The van der Waals surface area contributed by atoms with Crippen molar-refractivity contribution in [3.8, 4) is 0 Å². The summed E-state index contributed by atoms with van der Waals surface area (Å²) in [6.45, 7) is 0.363. The molecule has 0 aromatic carbocycles. The van der Waals surface area contributed by atoms with Crippen molar-refractivity contribution in [2.75, 3.05) is 18.5 Å². The molecule has 0 spiro atoms. The first-order valence-corrected chi connectivity index (χ1v) is 5.98. The van der Waals surface area contributed by atoms with Gasteiger partial charge in [0.05, 0.1) is 17.3 Å². The van der Waals surface area contributed by atoms with Crippen molar-refractivity contribution in [2.45, 2.75) is 6.42 Å². The van der Waals surface area contributed by atoms with E-state index in [0.29, 0.717) is 29.7 Å². The maximum Gasteiger partial charge on any atom is 0.409 e. The highest BCUT2D eigenvalue weighted by Crippen LogP contribution is 2.16. The number of anilines is 1. The average molecular weight is 278 g/mol. The van der Waals surface area contributed by atoms with Gasteiger partial charge in [-0.15, -0.1) is 0 Å². The van der Waals surface area contributed by atoms with Crippen molar-refractivity contribution >= 4 is 23.2 Å². The third-order valence-electron chi connectivity index (χ3n) is 2.64. The number of pyridine rings is 1. The normalized spacial score (nSPS) is 10.4. The van der Waals surface area contributed by atoms with Gasteiger partial charge in [0.2, 0.25) is 0 Å². The third kappa shape index (κ3) is 3.04. The molecule has 0 saturated heterocycles. The van der Waals surface area contributed by atoms with Crippen LogP contribution in [0.4, 0.5) is 10.5 Å². The van der Waals surface area contributed by atoms with E-state index in [2.05, 4.69) is 15.7 Å². The molecular weight excluding hydrogens is 264 g/mol. The summed E-state index contributed by atoms with van der Waals surface area (Å²) in [6.07, 6.45) is 2.26. The summed E-state index contributed by atoms with van der Waals surface area (Å²) in [4.78, 5) is 22.5. The van der Waals surface area contributed by atoms with Crippen LogP contribution in [0.2, 0.25) is 0 Å². The first-order valence-electron chi connectivity index (χ1n) is 5.98. The third-order valence-corrected chi connectivity index (χ3v) is 2.64. The second-order valence-electron chi connectivity index (χ2n) is 4.07. The van der Waals surface area contributed by atoms with Gasteiger partial charge in [0, 0.05) is 25.0 Å². The predicted molar refractivity (Wildman–Crippen MR) is 70.9 cm³/mol. The van der Waals surface area contributed by atoms with Crippen LogP contribution in [0.25, 0.3) is 5.52 Å². The van der Waals surface area contributed by atoms with E-state index in [4.69, 9.17) is 10.2 Å².